The Morgan fingerprint density at radius 1 is 1.12 bits per heavy atom. The first kappa shape index (κ1) is 19.1. The first-order chi connectivity index (χ1) is 12.2. The monoisotopic (exact) mass is 343 g/mol. The number of carbonyl (C=O) groups excluding carboxylic acids is 1. The quantitative estimate of drug-likeness (QED) is 0.671. The first-order valence-electron chi connectivity index (χ1n) is 9.05. The lowest BCUT2D eigenvalue weighted by molar-refractivity contribution is -0.119. The van der Waals surface area contributed by atoms with Crippen molar-refractivity contribution in [2.45, 2.75) is 26.7 Å². The number of fused-ring (bicyclic) bond motifs is 1. The molecule has 0 saturated heterocycles. The summed E-state index contributed by atoms with van der Waals surface area (Å²) >= 11 is 0. The van der Waals surface area contributed by atoms with Gasteiger partial charge in [0.15, 0.2) is 0 Å². The number of para-hydroxylation sites is 1. The minimum absolute atomic E-state index is 0.0213. The molecule has 1 amide bonds. The molecule has 2 aromatic rings. The molecule has 0 aliphatic rings. The third-order valence-corrected chi connectivity index (χ3v) is 4.38. The average molecular weight is 343 g/mol. The number of aromatic nitrogens is 2. The summed E-state index contributed by atoms with van der Waals surface area (Å²) in [4.78, 5) is 25.0. The van der Waals surface area contributed by atoms with Crippen LogP contribution in [0.25, 0.3) is 10.9 Å². The van der Waals surface area contributed by atoms with Crippen molar-refractivity contribution in [3.05, 3.63) is 30.6 Å². The summed E-state index contributed by atoms with van der Waals surface area (Å²) in [6.07, 6.45) is 3.65. The Kier molecular flexibility index (Phi) is 7.60. The highest BCUT2D eigenvalue weighted by atomic mass is 16.2. The van der Waals surface area contributed by atoms with E-state index in [9.17, 15) is 4.79 Å². The zero-order chi connectivity index (χ0) is 18.1. The summed E-state index contributed by atoms with van der Waals surface area (Å²) in [6.45, 7) is 8.63. The lowest BCUT2D eigenvalue weighted by Crippen LogP contribution is -2.36. The molecule has 25 heavy (non-hydrogen) atoms. The van der Waals surface area contributed by atoms with Gasteiger partial charge in [0.1, 0.15) is 12.1 Å². The molecule has 6 heteroatoms. The average Bonchev–Trinajstić information content (AvgIpc) is 2.64. The van der Waals surface area contributed by atoms with Crippen LogP contribution in [-0.4, -0.2) is 60.5 Å². The number of unbranched alkanes of at least 4 members (excludes halogenated alkanes) is 1. The van der Waals surface area contributed by atoms with Gasteiger partial charge in [-0.1, -0.05) is 26.0 Å². The number of carbonyl (C=O) groups is 1. The van der Waals surface area contributed by atoms with Crippen LogP contribution >= 0.6 is 0 Å². The number of benzene rings is 1. The van der Waals surface area contributed by atoms with Gasteiger partial charge < -0.3 is 15.1 Å². The number of amides is 1. The Hall–Kier alpha value is -2.21. The Morgan fingerprint density at radius 2 is 1.88 bits per heavy atom. The number of likely N-dealkylation sites (N-methyl/N-ethyl adjacent to an activating group) is 1. The zero-order valence-corrected chi connectivity index (χ0v) is 15.5. The van der Waals surface area contributed by atoms with E-state index in [1.165, 1.54) is 0 Å². The van der Waals surface area contributed by atoms with Crippen LogP contribution in [0.3, 0.4) is 0 Å². The molecule has 1 aromatic heterocycles. The lowest BCUT2D eigenvalue weighted by Gasteiger charge is -2.19. The Bertz CT molecular complexity index is 666. The van der Waals surface area contributed by atoms with Gasteiger partial charge in [0.2, 0.25) is 5.91 Å². The molecule has 0 atom stereocenters. The molecule has 0 bridgehead atoms. The standard InChI is InChI=1S/C19H29N5O/c1-4-24(5-2)13-9-8-12-20-18(25)14-23(3)19-16-10-6-7-11-17(16)21-15-22-19/h6-7,10-11,15H,4-5,8-9,12-14H2,1-3H3,(H,20,25). The topological polar surface area (TPSA) is 61.4 Å². The van der Waals surface area contributed by atoms with Gasteiger partial charge in [0, 0.05) is 19.0 Å². The van der Waals surface area contributed by atoms with Crippen LogP contribution in [-0.2, 0) is 4.79 Å². The largest absolute Gasteiger partial charge is 0.355 e. The normalized spacial score (nSPS) is 11.0. The molecule has 2 rings (SSSR count). The van der Waals surface area contributed by atoms with Gasteiger partial charge in [-0.2, -0.15) is 0 Å². The molecule has 136 valence electrons. The fraction of sp³-hybridized carbons (Fsp3) is 0.526. The second-order valence-electron chi connectivity index (χ2n) is 6.15. The molecule has 0 radical (unpaired) electrons. The summed E-state index contributed by atoms with van der Waals surface area (Å²) < 4.78 is 0. The fourth-order valence-electron chi connectivity index (χ4n) is 2.87. The molecule has 0 unspecified atom stereocenters. The molecule has 1 aromatic carbocycles. The predicted octanol–water partition coefficient (Wildman–Crippen LogP) is 2.30. The van der Waals surface area contributed by atoms with Crippen molar-refractivity contribution in [1.82, 2.24) is 20.2 Å². The summed E-state index contributed by atoms with van der Waals surface area (Å²) in [5.41, 5.74) is 0.885. The number of anilines is 1. The molecular formula is C19H29N5O. The van der Waals surface area contributed by atoms with Crippen molar-refractivity contribution >= 4 is 22.6 Å². The minimum atomic E-state index is 0.0213. The van der Waals surface area contributed by atoms with Crippen LogP contribution in [0.4, 0.5) is 5.82 Å². The highest BCUT2D eigenvalue weighted by molar-refractivity contribution is 5.91. The molecule has 1 heterocycles. The van der Waals surface area contributed by atoms with Crippen molar-refractivity contribution in [1.29, 1.82) is 0 Å². The molecule has 0 spiro atoms. The predicted molar refractivity (Wildman–Crippen MR) is 103 cm³/mol. The maximum absolute atomic E-state index is 12.2. The van der Waals surface area contributed by atoms with Crippen molar-refractivity contribution in [3.63, 3.8) is 0 Å². The second-order valence-corrected chi connectivity index (χ2v) is 6.15. The van der Waals surface area contributed by atoms with E-state index < -0.39 is 0 Å². The van der Waals surface area contributed by atoms with Crippen LogP contribution in [0.2, 0.25) is 0 Å². The number of nitrogens with one attached hydrogen (secondary N) is 1. The van der Waals surface area contributed by atoms with E-state index >= 15 is 0 Å². The molecule has 6 nitrogen and oxygen atoms in total. The van der Waals surface area contributed by atoms with E-state index in [4.69, 9.17) is 0 Å². The molecule has 0 saturated carbocycles. The van der Waals surface area contributed by atoms with E-state index in [0.717, 1.165) is 55.7 Å². The lowest BCUT2D eigenvalue weighted by atomic mass is 10.2. The molecule has 0 aliphatic carbocycles. The van der Waals surface area contributed by atoms with Gasteiger partial charge in [0.25, 0.3) is 0 Å². The van der Waals surface area contributed by atoms with E-state index in [2.05, 4.69) is 34.0 Å². The Balaban J connectivity index is 1.78. The van der Waals surface area contributed by atoms with Gasteiger partial charge in [-0.3, -0.25) is 4.79 Å². The summed E-state index contributed by atoms with van der Waals surface area (Å²) in [5, 5.41) is 3.96. The van der Waals surface area contributed by atoms with Gasteiger partial charge in [-0.25, -0.2) is 9.97 Å². The summed E-state index contributed by atoms with van der Waals surface area (Å²) in [5.74, 6) is 0.801. The van der Waals surface area contributed by atoms with Gasteiger partial charge in [-0.15, -0.1) is 0 Å². The first-order valence-corrected chi connectivity index (χ1v) is 9.05. The highest BCUT2D eigenvalue weighted by Crippen LogP contribution is 2.20. The maximum atomic E-state index is 12.2. The Morgan fingerprint density at radius 3 is 2.64 bits per heavy atom. The molecular weight excluding hydrogens is 314 g/mol. The number of hydrogen-bond acceptors (Lipinski definition) is 5. The van der Waals surface area contributed by atoms with Crippen molar-refractivity contribution < 1.29 is 4.79 Å². The summed E-state index contributed by atoms with van der Waals surface area (Å²) in [6, 6.07) is 7.83. The second kappa shape index (κ2) is 9.93. The van der Waals surface area contributed by atoms with Crippen molar-refractivity contribution in [2.24, 2.45) is 0 Å². The smallest absolute Gasteiger partial charge is 0.239 e. The van der Waals surface area contributed by atoms with Crippen molar-refractivity contribution in [2.75, 3.05) is 44.7 Å². The number of hydrogen-bond donors (Lipinski definition) is 1. The SMILES string of the molecule is CCN(CC)CCCCNC(=O)CN(C)c1ncnc2ccccc12. The van der Waals surface area contributed by atoms with Crippen LogP contribution in [0, 0.1) is 0 Å². The van der Waals surface area contributed by atoms with Gasteiger partial charge in [-0.05, 0) is 44.6 Å². The third-order valence-electron chi connectivity index (χ3n) is 4.38. The van der Waals surface area contributed by atoms with E-state index in [1.807, 2.05) is 36.2 Å². The molecule has 0 fully saturated rings. The zero-order valence-electron chi connectivity index (χ0n) is 15.5. The molecule has 1 N–H and O–H groups in total. The fourth-order valence-corrected chi connectivity index (χ4v) is 2.87. The van der Waals surface area contributed by atoms with E-state index in [1.54, 1.807) is 6.33 Å². The maximum Gasteiger partial charge on any atom is 0.239 e. The van der Waals surface area contributed by atoms with Gasteiger partial charge >= 0.3 is 0 Å². The van der Waals surface area contributed by atoms with Gasteiger partial charge in [0.05, 0.1) is 12.1 Å². The van der Waals surface area contributed by atoms with E-state index in [-0.39, 0.29) is 12.5 Å². The third kappa shape index (κ3) is 5.67. The number of nitrogens with zero attached hydrogens (tertiary/aromatic N) is 4. The molecule has 0 aliphatic heterocycles. The van der Waals surface area contributed by atoms with Crippen LogP contribution in [0.5, 0.6) is 0 Å². The van der Waals surface area contributed by atoms with Crippen LogP contribution in [0.1, 0.15) is 26.7 Å². The van der Waals surface area contributed by atoms with Crippen LogP contribution in [0.15, 0.2) is 30.6 Å². The van der Waals surface area contributed by atoms with Crippen LogP contribution < -0.4 is 10.2 Å². The minimum Gasteiger partial charge on any atom is -0.355 e. The number of rotatable bonds is 10. The highest BCUT2D eigenvalue weighted by Gasteiger charge is 2.11. The van der Waals surface area contributed by atoms with E-state index in [0.29, 0.717) is 0 Å². The summed E-state index contributed by atoms with van der Waals surface area (Å²) in [7, 11) is 1.88. The van der Waals surface area contributed by atoms with Crippen molar-refractivity contribution in [3.8, 4) is 0 Å². The Labute approximate surface area is 150 Å².